The Balaban J connectivity index is 1.79. The van der Waals surface area contributed by atoms with Crippen LogP contribution in [0.25, 0.3) is 0 Å². The lowest BCUT2D eigenvalue weighted by atomic mass is 9.97. The second-order valence-electron chi connectivity index (χ2n) is 4.49. The van der Waals surface area contributed by atoms with E-state index in [4.69, 9.17) is 4.74 Å². The summed E-state index contributed by atoms with van der Waals surface area (Å²) >= 11 is 0. The van der Waals surface area contributed by atoms with Gasteiger partial charge in [-0.15, -0.1) is 0 Å². The van der Waals surface area contributed by atoms with Gasteiger partial charge in [0.25, 0.3) is 0 Å². The minimum atomic E-state index is -0.720. The Morgan fingerprint density at radius 3 is 3.12 bits per heavy atom. The van der Waals surface area contributed by atoms with E-state index in [0.29, 0.717) is 19.6 Å². The van der Waals surface area contributed by atoms with Crippen LogP contribution in [0.5, 0.6) is 0 Å². The van der Waals surface area contributed by atoms with Gasteiger partial charge in [0.2, 0.25) is 0 Å². The molecular weight excluding hydrogens is 206 g/mol. The van der Waals surface area contributed by atoms with Crippen LogP contribution in [0, 0.1) is 0 Å². The normalized spacial score (nSPS) is 29.8. The molecule has 2 atom stereocenters. The summed E-state index contributed by atoms with van der Waals surface area (Å²) in [7, 11) is 1.89. The lowest BCUT2D eigenvalue weighted by molar-refractivity contribution is -0.0262. The SMILES string of the molecule is CC1OCCC1(O)CNCc1cnn(C)c1. The molecule has 2 N–H and O–H groups in total. The van der Waals surface area contributed by atoms with Gasteiger partial charge in [-0.25, -0.2) is 0 Å². The molecule has 1 saturated heterocycles. The molecule has 0 aliphatic carbocycles. The summed E-state index contributed by atoms with van der Waals surface area (Å²) in [5, 5.41) is 17.6. The molecule has 0 saturated carbocycles. The molecule has 2 unspecified atom stereocenters. The van der Waals surface area contributed by atoms with Crippen LogP contribution >= 0.6 is 0 Å². The van der Waals surface area contributed by atoms with E-state index >= 15 is 0 Å². The third-order valence-corrected chi connectivity index (χ3v) is 3.18. The maximum absolute atomic E-state index is 10.2. The fraction of sp³-hybridized carbons (Fsp3) is 0.727. The first-order valence-electron chi connectivity index (χ1n) is 5.62. The van der Waals surface area contributed by atoms with Gasteiger partial charge >= 0.3 is 0 Å². The maximum Gasteiger partial charge on any atom is 0.105 e. The van der Waals surface area contributed by atoms with Crippen molar-refractivity contribution in [3.05, 3.63) is 18.0 Å². The summed E-state index contributed by atoms with van der Waals surface area (Å²) in [5.41, 5.74) is 0.403. The zero-order valence-corrected chi connectivity index (χ0v) is 9.81. The Hall–Kier alpha value is -0.910. The van der Waals surface area contributed by atoms with Gasteiger partial charge in [0.05, 0.1) is 12.3 Å². The first kappa shape index (κ1) is 11.6. The van der Waals surface area contributed by atoms with E-state index in [2.05, 4.69) is 10.4 Å². The third kappa shape index (κ3) is 2.42. The fourth-order valence-corrected chi connectivity index (χ4v) is 1.99. The van der Waals surface area contributed by atoms with Gasteiger partial charge in [0, 0.05) is 44.9 Å². The molecule has 0 aromatic carbocycles. The number of hydrogen-bond acceptors (Lipinski definition) is 4. The minimum Gasteiger partial charge on any atom is -0.386 e. The standard InChI is InChI=1S/C11H19N3O2/c1-9-11(15,3-4-16-9)8-12-5-10-6-13-14(2)7-10/h6-7,9,12,15H,3-5,8H2,1-2H3. The van der Waals surface area contributed by atoms with Crippen LogP contribution in [-0.2, 0) is 18.3 Å². The van der Waals surface area contributed by atoms with Crippen molar-refractivity contribution >= 4 is 0 Å². The zero-order chi connectivity index (χ0) is 11.6. The number of aromatic nitrogens is 2. The van der Waals surface area contributed by atoms with E-state index in [1.165, 1.54) is 0 Å². The number of nitrogens with one attached hydrogen (secondary N) is 1. The van der Waals surface area contributed by atoms with Crippen molar-refractivity contribution in [3.8, 4) is 0 Å². The number of aryl methyl sites for hydroxylation is 1. The van der Waals surface area contributed by atoms with Crippen molar-refractivity contribution in [1.82, 2.24) is 15.1 Å². The minimum absolute atomic E-state index is 0.0890. The maximum atomic E-state index is 10.2. The summed E-state index contributed by atoms with van der Waals surface area (Å²) in [6, 6.07) is 0. The molecular formula is C11H19N3O2. The molecule has 0 spiro atoms. The molecule has 1 aromatic rings. The van der Waals surface area contributed by atoms with E-state index < -0.39 is 5.60 Å². The molecule has 1 aliphatic heterocycles. The number of nitrogens with zero attached hydrogens (tertiary/aromatic N) is 2. The number of hydrogen-bond donors (Lipinski definition) is 2. The van der Waals surface area contributed by atoms with Crippen LogP contribution in [-0.4, -0.2) is 39.7 Å². The molecule has 5 heteroatoms. The third-order valence-electron chi connectivity index (χ3n) is 3.18. The lowest BCUT2D eigenvalue weighted by Crippen LogP contribution is -2.45. The van der Waals surface area contributed by atoms with Crippen LogP contribution in [0.1, 0.15) is 18.9 Å². The van der Waals surface area contributed by atoms with Crippen molar-refractivity contribution in [2.45, 2.75) is 31.6 Å². The van der Waals surface area contributed by atoms with Crippen LogP contribution < -0.4 is 5.32 Å². The molecule has 2 heterocycles. The van der Waals surface area contributed by atoms with Gasteiger partial charge in [-0.05, 0) is 6.92 Å². The van der Waals surface area contributed by atoms with E-state index in [1.807, 2.05) is 26.4 Å². The Kier molecular flexibility index (Phi) is 3.28. The van der Waals surface area contributed by atoms with Gasteiger partial charge in [0.1, 0.15) is 5.60 Å². The largest absolute Gasteiger partial charge is 0.386 e. The Morgan fingerprint density at radius 2 is 2.56 bits per heavy atom. The van der Waals surface area contributed by atoms with Crippen LogP contribution in [0.3, 0.4) is 0 Å². The Labute approximate surface area is 95.4 Å². The molecule has 1 aliphatic rings. The molecule has 5 nitrogen and oxygen atoms in total. The van der Waals surface area contributed by atoms with E-state index in [0.717, 1.165) is 12.1 Å². The lowest BCUT2D eigenvalue weighted by Gasteiger charge is -2.26. The van der Waals surface area contributed by atoms with E-state index in [1.54, 1.807) is 4.68 Å². The predicted molar refractivity (Wildman–Crippen MR) is 59.9 cm³/mol. The quantitative estimate of drug-likeness (QED) is 0.760. The monoisotopic (exact) mass is 225 g/mol. The Morgan fingerprint density at radius 1 is 1.75 bits per heavy atom. The first-order valence-corrected chi connectivity index (χ1v) is 5.62. The van der Waals surface area contributed by atoms with Crippen molar-refractivity contribution in [2.24, 2.45) is 7.05 Å². The van der Waals surface area contributed by atoms with Gasteiger partial charge in [-0.3, -0.25) is 4.68 Å². The molecule has 0 radical (unpaired) electrons. The van der Waals surface area contributed by atoms with Gasteiger partial charge in [-0.2, -0.15) is 5.10 Å². The fourth-order valence-electron chi connectivity index (χ4n) is 1.99. The molecule has 2 rings (SSSR count). The van der Waals surface area contributed by atoms with Crippen molar-refractivity contribution in [1.29, 1.82) is 0 Å². The zero-order valence-electron chi connectivity index (χ0n) is 9.81. The highest BCUT2D eigenvalue weighted by Crippen LogP contribution is 2.24. The van der Waals surface area contributed by atoms with Gasteiger partial charge in [0.15, 0.2) is 0 Å². The average molecular weight is 225 g/mol. The molecule has 1 fully saturated rings. The Bertz CT molecular complexity index is 353. The molecule has 1 aromatic heterocycles. The molecule has 0 bridgehead atoms. The van der Waals surface area contributed by atoms with Crippen LogP contribution in [0.4, 0.5) is 0 Å². The molecule has 90 valence electrons. The van der Waals surface area contributed by atoms with Crippen molar-refractivity contribution in [3.63, 3.8) is 0 Å². The van der Waals surface area contributed by atoms with Crippen molar-refractivity contribution < 1.29 is 9.84 Å². The second kappa shape index (κ2) is 4.53. The predicted octanol–water partition coefficient (Wildman–Crippen LogP) is 0.0496. The van der Waals surface area contributed by atoms with E-state index in [9.17, 15) is 5.11 Å². The topological polar surface area (TPSA) is 59.3 Å². The summed E-state index contributed by atoms with van der Waals surface area (Å²) in [5.74, 6) is 0. The summed E-state index contributed by atoms with van der Waals surface area (Å²) in [6.45, 7) is 3.84. The van der Waals surface area contributed by atoms with Crippen LogP contribution in [0.2, 0.25) is 0 Å². The summed E-state index contributed by atoms with van der Waals surface area (Å²) in [4.78, 5) is 0. The number of ether oxygens (including phenoxy) is 1. The van der Waals surface area contributed by atoms with Gasteiger partial charge < -0.3 is 15.2 Å². The summed E-state index contributed by atoms with van der Waals surface area (Å²) in [6.07, 6.45) is 4.40. The van der Waals surface area contributed by atoms with Crippen LogP contribution in [0.15, 0.2) is 12.4 Å². The highest BCUT2D eigenvalue weighted by molar-refractivity contribution is 5.03. The smallest absolute Gasteiger partial charge is 0.105 e. The molecule has 0 amide bonds. The molecule has 16 heavy (non-hydrogen) atoms. The second-order valence-corrected chi connectivity index (χ2v) is 4.49. The van der Waals surface area contributed by atoms with Crippen molar-refractivity contribution in [2.75, 3.05) is 13.2 Å². The summed E-state index contributed by atoms with van der Waals surface area (Å²) < 4.78 is 7.14. The van der Waals surface area contributed by atoms with Gasteiger partial charge in [-0.1, -0.05) is 0 Å². The number of rotatable bonds is 4. The first-order chi connectivity index (χ1) is 7.60. The van der Waals surface area contributed by atoms with E-state index in [-0.39, 0.29) is 6.10 Å². The number of aliphatic hydroxyl groups is 1. The highest BCUT2D eigenvalue weighted by atomic mass is 16.5. The highest BCUT2D eigenvalue weighted by Gasteiger charge is 2.38. The average Bonchev–Trinajstić information content (AvgIpc) is 2.76.